The molecular weight excluding hydrogens is 304 g/mol. The predicted octanol–water partition coefficient (Wildman–Crippen LogP) is 0.537. The number of amidine groups is 1. The van der Waals surface area contributed by atoms with Crippen LogP contribution in [0.2, 0.25) is 0 Å². The van der Waals surface area contributed by atoms with Crippen LogP contribution in [0.3, 0.4) is 0 Å². The number of nitrogens with two attached hydrogens (primary N) is 1. The van der Waals surface area contributed by atoms with Gasteiger partial charge in [-0.3, -0.25) is 5.73 Å². The van der Waals surface area contributed by atoms with Gasteiger partial charge in [0.1, 0.15) is 0 Å². The number of nitriles is 2. The molecule has 0 aromatic carbocycles. The van der Waals surface area contributed by atoms with Gasteiger partial charge in [0.25, 0.3) is 5.84 Å². The van der Waals surface area contributed by atoms with Gasteiger partial charge in [-0.2, -0.15) is 10.5 Å². The largest absolute Gasteiger partial charge is 0.343 e. The summed E-state index contributed by atoms with van der Waals surface area (Å²) in [4.78, 5) is 3.06. The third kappa shape index (κ3) is 1.35. The van der Waals surface area contributed by atoms with Crippen LogP contribution in [0.15, 0.2) is 0 Å². The third-order valence-electron chi connectivity index (χ3n) is 7.01. The van der Waals surface area contributed by atoms with E-state index in [0.717, 1.165) is 25.7 Å². The molecular formula is C18H25N4O2+. The van der Waals surface area contributed by atoms with E-state index in [9.17, 15) is 10.5 Å². The summed E-state index contributed by atoms with van der Waals surface area (Å²) in [6.45, 7) is 4.52. The zero-order valence-corrected chi connectivity index (χ0v) is 14.4. The lowest BCUT2D eigenvalue weighted by Crippen LogP contribution is -2.90. The van der Waals surface area contributed by atoms with Gasteiger partial charge in [0, 0.05) is 5.41 Å². The second-order valence-electron chi connectivity index (χ2n) is 7.93. The van der Waals surface area contributed by atoms with Gasteiger partial charge in [-0.1, -0.05) is 19.8 Å². The molecule has 1 saturated heterocycles. The fourth-order valence-electron chi connectivity index (χ4n) is 6.06. The van der Waals surface area contributed by atoms with Gasteiger partial charge in [-0.05, 0) is 38.5 Å². The first-order valence-electron chi connectivity index (χ1n) is 9.04. The summed E-state index contributed by atoms with van der Waals surface area (Å²) in [5.74, 6) is -0.226. The number of hydrogen-bond acceptors (Lipinski definition) is 5. The predicted molar refractivity (Wildman–Crippen MR) is 84.8 cm³/mol. The zero-order valence-electron chi connectivity index (χ0n) is 14.4. The highest BCUT2D eigenvalue weighted by molar-refractivity contribution is 5.95. The molecule has 0 bridgehead atoms. The van der Waals surface area contributed by atoms with Gasteiger partial charge in [-0.15, -0.1) is 0 Å². The van der Waals surface area contributed by atoms with Gasteiger partial charge >= 0.3 is 5.91 Å². The topological polar surface area (TPSA) is 106 Å². The van der Waals surface area contributed by atoms with E-state index in [1.54, 1.807) is 0 Å². The van der Waals surface area contributed by atoms with Crippen molar-refractivity contribution in [3.05, 3.63) is 0 Å². The van der Waals surface area contributed by atoms with Crippen LogP contribution in [0.1, 0.15) is 52.4 Å². The van der Waals surface area contributed by atoms with E-state index in [0.29, 0.717) is 18.4 Å². The molecule has 24 heavy (non-hydrogen) atoms. The summed E-state index contributed by atoms with van der Waals surface area (Å²) in [6, 6.07) is 4.88. The number of ether oxygens (including phenoxy) is 2. The molecule has 2 saturated carbocycles. The molecule has 0 aromatic rings. The summed E-state index contributed by atoms with van der Waals surface area (Å²) in [5.41, 5.74) is 3.79. The smallest absolute Gasteiger partial charge is 0.311 e. The summed E-state index contributed by atoms with van der Waals surface area (Å²) in [5, 5.41) is 20.3. The monoisotopic (exact) mass is 329 g/mol. The van der Waals surface area contributed by atoms with Crippen molar-refractivity contribution in [1.29, 1.82) is 10.5 Å². The molecule has 2 heterocycles. The molecule has 6 nitrogen and oxygen atoms in total. The Morgan fingerprint density at radius 2 is 2.00 bits per heavy atom. The Morgan fingerprint density at radius 1 is 1.29 bits per heavy atom. The van der Waals surface area contributed by atoms with E-state index in [1.165, 1.54) is 12.8 Å². The SMILES string of the molecule is CCCC1CCC2(CC1)[C@@]1(C#N)[C@@]3([NH+]=C(N)[C@@]21C#N)OC[C@H](C)O3. The van der Waals surface area contributed by atoms with Crippen molar-refractivity contribution in [3.8, 4) is 12.1 Å². The van der Waals surface area contributed by atoms with Crippen LogP contribution >= 0.6 is 0 Å². The fourth-order valence-corrected chi connectivity index (χ4v) is 6.06. The fraction of sp³-hybridized carbons (Fsp3) is 0.833. The zero-order chi connectivity index (χ0) is 17.2. The minimum absolute atomic E-state index is 0.126. The number of hydrogen-bond donors (Lipinski definition) is 2. The summed E-state index contributed by atoms with van der Waals surface area (Å²) < 4.78 is 12.0. The molecule has 4 rings (SSSR count). The molecule has 2 aliphatic heterocycles. The lowest BCUT2D eigenvalue weighted by atomic mass is 9.71. The molecule has 4 atom stereocenters. The van der Waals surface area contributed by atoms with Crippen molar-refractivity contribution in [3.63, 3.8) is 0 Å². The first-order chi connectivity index (χ1) is 11.5. The van der Waals surface area contributed by atoms with Crippen molar-refractivity contribution >= 4 is 5.84 Å². The first-order valence-corrected chi connectivity index (χ1v) is 9.04. The molecule has 3 fully saturated rings. The van der Waals surface area contributed by atoms with Crippen molar-refractivity contribution in [2.24, 2.45) is 27.9 Å². The quantitative estimate of drug-likeness (QED) is 0.769. The van der Waals surface area contributed by atoms with Crippen molar-refractivity contribution in [2.75, 3.05) is 6.61 Å². The third-order valence-corrected chi connectivity index (χ3v) is 7.01. The second kappa shape index (κ2) is 4.71. The highest BCUT2D eigenvalue weighted by Crippen LogP contribution is 2.86. The normalized spacial score (nSPS) is 51.9. The van der Waals surface area contributed by atoms with Crippen molar-refractivity contribution in [1.82, 2.24) is 0 Å². The Morgan fingerprint density at radius 3 is 2.50 bits per heavy atom. The maximum absolute atomic E-state index is 10.2. The Bertz CT molecular complexity index is 684. The summed E-state index contributed by atoms with van der Waals surface area (Å²) in [7, 11) is 0. The van der Waals surface area contributed by atoms with Crippen LogP contribution in [0.25, 0.3) is 0 Å². The molecule has 0 aromatic heterocycles. The van der Waals surface area contributed by atoms with Crippen molar-refractivity contribution < 1.29 is 14.5 Å². The molecule has 0 unspecified atom stereocenters. The maximum atomic E-state index is 10.2. The number of nitrogens with one attached hydrogen (secondary N) is 1. The van der Waals surface area contributed by atoms with Gasteiger partial charge in [0.15, 0.2) is 10.8 Å². The van der Waals surface area contributed by atoms with Crippen LogP contribution in [0.4, 0.5) is 0 Å². The molecule has 6 heteroatoms. The lowest BCUT2D eigenvalue weighted by molar-refractivity contribution is -0.680. The Hall–Kier alpha value is -1.63. The minimum atomic E-state index is -1.27. The molecule has 2 spiro atoms. The summed E-state index contributed by atoms with van der Waals surface area (Å²) in [6.07, 6.45) is 6.02. The van der Waals surface area contributed by atoms with E-state index >= 15 is 0 Å². The molecule has 128 valence electrons. The van der Waals surface area contributed by atoms with Crippen molar-refractivity contribution in [2.45, 2.75) is 64.4 Å². The Labute approximate surface area is 142 Å². The van der Waals surface area contributed by atoms with Crippen LogP contribution < -0.4 is 10.7 Å². The first kappa shape index (κ1) is 15.9. The molecule has 0 radical (unpaired) electrons. The van der Waals surface area contributed by atoms with Gasteiger partial charge < -0.3 is 9.47 Å². The molecule has 0 amide bonds. The lowest BCUT2D eigenvalue weighted by Gasteiger charge is -2.34. The number of nitrogens with zero attached hydrogens (tertiary/aromatic N) is 2. The minimum Gasteiger partial charge on any atom is -0.311 e. The molecule has 2 aliphatic carbocycles. The maximum Gasteiger partial charge on any atom is 0.343 e. The van der Waals surface area contributed by atoms with E-state index < -0.39 is 22.2 Å². The Balaban J connectivity index is 1.77. The average Bonchev–Trinajstić information content (AvgIpc) is 2.75. The highest BCUT2D eigenvalue weighted by Gasteiger charge is 3.03. The highest BCUT2D eigenvalue weighted by atomic mass is 16.8. The standard InChI is InChI=1S/C18H24N4O2/c1-3-4-13-5-7-15(8-6-13)16(10-19)14(21)22-18(17(15,16)11-20)23-9-12(2)24-18/h12-13H,3-9H2,1-2H3,(H2,21,22)/p+1/t12-,13?,15?,16-,17+,18+/m0/s1. The van der Waals surface area contributed by atoms with Crippen LogP contribution in [0, 0.1) is 44.8 Å². The van der Waals surface area contributed by atoms with Gasteiger partial charge in [0.2, 0.25) is 0 Å². The number of rotatable bonds is 2. The van der Waals surface area contributed by atoms with E-state index in [-0.39, 0.29) is 6.10 Å². The average molecular weight is 329 g/mol. The van der Waals surface area contributed by atoms with Gasteiger partial charge in [0.05, 0.1) is 24.8 Å². The Kier molecular flexibility index (Phi) is 3.12. The van der Waals surface area contributed by atoms with E-state index in [4.69, 9.17) is 15.2 Å². The number of fused-ring (bicyclic) bond motifs is 4. The van der Waals surface area contributed by atoms with E-state index in [1.807, 2.05) is 6.92 Å². The van der Waals surface area contributed by atoms with E-state index in [2.05, 4.69) is 24.1 Å². The van der Waals surface area contributed by atoms with Crippen LogP contribution in [0.5, 0.6) is 0 Å². The molecule has 3 N–H and O–H groups in total. The summed E-state index contributed by atoms with van der Waals surface area (Å²) >= 11 is 0. The molecule has 4 aliphatic rings. The van der Waals surface area contributed by atoms with Gasteiger partial charge in [-0.25, -0.2) is 4.99 Å². The second-order valence-corrected chi connectivity index (χ2v) is 7.93. The van der Waals surface area contributed by atoms with Crippen LogP contribution in [-0.4, -0.2) is 24.5 Å². The van der Waals surface area contributed by atoms with Crippen LogP contribution in [-0.2, 0) is 9.47 Å².